The van der Waals surface area contributed by atoms with Crippen molar-refractivity contribution in [2.24, 2.45) is 4.99 Å². The minimum atomic E-state index is -0.221. The normalized spacial score (nSPS) is 12.1. The molecule has 4 nitrogen and oxygen atoms in total. The van der Waals surface area contributed by atoms with E-state index in [9.17, 15) is 4.39 Å². The third-order valence-electron chi connectivity index (χ3n) is 4.32. The van der Waals surface area contributed by atoms with Crippen molar-refractivity contribution >= 4 is 5.96 Å². The number of ether oxygens (including phenoxy) is 1. The zero-order chi connectivity index (χ0) is 19.0. The quantitative estimate of drug-likeness (QED) is 0.588. The molecule has 0 radical (unpaired) electrons. The third kappa shape index (κ3) is 5.85. The van der Waals surface area contributed by atoms with Crippen LogP contribution in [-0.4, -0.2) is 26.7 Å². The van der Waals surface area contributed by atoms with E-state index in [-0.39, 0.29) is 11.2 Å². The number of rotatable bonds is 7. The van der Waals surface area contributed by atoms with Gasteiger partial charge in [-0.1, -0.05) is 50.2 Å². The topological polar surface area (TPSA) is 45.7 Å². The molecule has 0 aliphatic heterocycles. The van der Waals surface area contributed by atoms with Crippen molar-refractivity contribution in [3.63, 3.8) is 0 Å². The van der Waals surface area contributed by atoms with E-state index < -0.39 is 0 Å². The van der Waals surface area contributed by atoms with Crippen LogP contribution >= 0.6 is 0 Å². The average molecular weight is 357 g/mol. The van der Waals surface area contributed by atoms with E-state index in [0.717, 1.165) is 22.6 Å². The molecular weight excluding hydrogens is 329 g/mol. The maximum atomic E-state index is 13.5. The Balaban J connectivity index is 1.89. The fraction of sp³-hybridized carbons (Fsp3) is 0.381. The van der Waals surface area contributed by atoms with E-state index in [0.29, 0.717) is 19.7 Å². The standard InChI is InChI=1S/C21H28FN3O/c1-21(2,18-6-5-7-19(22)12-18)15-25-20(23-3)24-13-16-8-10-17(11-9-16)14-26-4/h5-12H,13-15H2,1-4H3,(H2,23,24,25). The Labute approximate surface area is 155 Å². The molecule has 0 aromatic heterocycles. The van der Waals surface area contributed by atoms with Crippen LogP contribution in [0.1, 0.15) is 30.5 Å². The second kappa shape index (κ2) is 9.34. The van der Waals surface area contributed by atoms with Crippen LogP contribution in [-0.2, 0) is 23.3 Å². The van der Waals surface area contributed by atoms with Crippen LogP contribution in [0.2, 0.25) is 0 Å². The van der Waals surface area contributed by atoms with Crippen LogP contribution in [0.25, 0.3) is 0 Å². The maximum absolute atomic E-state index is 13.5. The highest BCUT2D eigenvalue weighted by atomic mass is 19.1. The van der Waals surface area contributed by atoms with Gasteiger partial charge in [0, 0.05) is 32.7 Å². The molecule has 0 atom stereocenters. The largest absolute Gasteiger partial charge is 0.380 e. The molecule has 0 saturated heterocycles. The lowest BCUT2D eigenvalue weighted by atomic mass is 9.84. The van der Waals surface area contributed by atoms with Crippen LogP contribution < -0.4 is 10.6 Å². The summed E-state index contributed by atoms with van der Waals surface area (Å²) in [5.74, 6) is 0.505. The van der Waals surface area contributed by atoms with E-state index in [1.807, 2.05) is 6.07 Å². The zero-order valence-corrected chi connectivity index (χ0v) is 16.0. The van der Waals surface area contributed by atoms with Gasteiger partial charge >= 0.3 is 0 Å². The summed E-state index contributed by atoms with van der Waals surface area (Å²) in [6.07, 6.45) is 0. The van der Waals surface area contributed by atoms with E-state index in [2.05, 4.69) is 53.7 Å². The Hall–Kier alpha value is -2.40. The molecule has 2 aromatic carbocycles. The van der Waals surface area contributed by atoms with Crippen molar-refractivity contribution in [2.75, 3.05) is 20.7 Å². The third-order valence-corrected chi connectivity index (χ3v) is 4.32. The molecule has 0 spiro atoms. The van der Waals surface area contributed by atoms with Gasteiger partial charge in [0.25, 0.3) is 0 Å². The molecule has 0 amide bonds. The van der Waals surface area contributed by atoms with Crippen LogP contribution in [0.5, 0.6) is 0 Å². The van der Waals surface area contributed by atoms with Crippen molar-refractivity contribution in [3.8, 4) is 0 Å². The van der Waals surface area contributed by atoms with Gasteiger partial charge in [0.1, 0.15) is 5.82 Å². The van der Waals surface area contributed by atoms with Crippen LogP contribution in [0.4, 0.5) is 4.39 Å². The predicted molar refractivity (Wildman–Crippen MR) is 105 cm³/mol. The van der Waals surface area contributed by atoms with Crippen molar-refractivity contribution in [1.82, 2.24) is 10.6 Å². The summed E-state index contributed by atoms with van der Waals surface area (Å²) < 4.78 is 18.6. The highest BCUT2D eigenvalue weighted by molar-refractivity contribution is 5.79. The van der Waals surface area contributed by atoms with E-state index >= 15 is 0 Å². The van der Waals surface area contributed by atoms with Crippen molar-refractivity contribution in [1.29, 1.82) is 0 Å². The Morgan fingerprint density at radius 3 is 2.38 bits per heavy atom. The molecule has 0 unspecified atom stereocenters. The van der Waals surface area contributed by atoms with Crippen molar-refractivity contribution in [3.05, 3.63) is 71.0 Å². The fourth-order valence-corrected chi connectivity index (χ4v) is 2.64. The van der Waals surface area contributed by atoms with E-state index in [1.165, 1.54) is 6.07 Å². The van der Waals surface area contributed by atoms with E-state index in [4.69, 9.17) is 4.74 Å². The number of benzene rings is 2. The van der Waals surface area contributed by atoms with Crippen LogP contribution in [0, 0.1) is 5.82 Å². The van der Waals surface area contributed by atoms with Gasteiger partial charge in [-0.3, -0.25) is 4.99 Å². The molecule has 26 heavy (non-hydrogen) atoms. The Morgan fingerprint density at radius 2 is 1.77 bits per heavy atom. The zero-order valence-electron chi connectivity index (χ0n) is 16.0. The summed E-state index contributed by atoms with van der Waals surface area (Å²) in [5.41, 5.74) is 3.05. The lowest BCUT2D eigenvalue weighted by Crippen LogP contribution is -2.43. The molecule has 2 rings (SSSR count). The van der Waals surface area contributed by atoms with Crippen molar-refractivity contribution < 1.29 is 9.13 Å². The van der Waals surface area contributed by atoms with Crippen LogP contribution in [0.3, 0.4) is 0 Å². The van der Waals surface area contributed by atoms with Crippen LogP contribution in [0.15, 0.2) is 53.5 Å². The first-order chi connectivity index (χ1) is 12.4. The number of nitrogens with one attached hydrogen (secondary N) is 2. The molecule has 2 N–H and O–H groups in total. The number of nitrogens with zero attached hydrogens (tertiary/aromatic N) is 1. The van der Waals surface area contributed by atoms with E-state index in [1.54, 1.807) is 26.3 Å². The molecule has 0 aliphatic rings. The first kappa shape index (κ1) is 19.9. The Morgan fingerprint density at radius 1 is 1.08 bits per heavy atom. The molecule has 0 aliphatic carbocycles. The summed E-state index contributed by atoms with van der Waals surface area (Å²) in [7, 11) is 3.43. The highest BCUT2D eigenvalue weighted by Crippen LogP contribution is 2.22. The number of hydrogen-bond acceptors (Lipinski definition) is 2. The maximum Gasteiger partial charge on any atom is 0.191 e. The SMILES string of the molecule is CN=C(NCc1ccc(COC)cc1)NCC(C)(C)c1cccc(F)c1. The van der Waals surface area contributed by atoms with Gasteiger partial charge in [0.15, 0.2) is 5.96 Å². The van der Waals surface area contributed by atoms with Gasteiger partial charge in [-0.25, -0.2) is 4.39 Å². The molecule has 0 fully saturated rings. The molecular formula is C21H28FN3O. The van der Waals surface area contributed by atoms with Gasteiger partial charge in [0.2, 0.25) is 0 Å². The highest BCUT2D eigenvalue weighted by Gasteiger charge is 2.21. The van der Waals surface area contributed by atoms with Gasteiger partial charge < -0.3 is 15.4 Å². The Bertz CT molecular complexity index is 726. The first-order valence-electron chi connectivity index (χ1n) is 8.72. The minimum Gasteiger partial charge on any atom is -0.380 e. The summed E-state index contributed by atoms with van der Waals surface area (Å²) in [6, 6.07) is 15.0. The molecule has 5 heteroatoms. The number of hydrogen-bond donors (Lipinski definition) is 2. The fourth-order valence-electron chi connectivity index (χ4n) is 2.64. The number of halogens is 1. The monoisotopic (exact) mass is 357 g/mol. The molecule has 2 aromatic rings. The molecule has 140 valence electrons. The van der Waals surface area contributed by atoms with Gasteiger partial charge in [-0.05, 0) is 28.8 Å². The van der Waals surface area contributed by atoms with Crippen molar-refractivity contribution in [2.45, 2.75) is 32.4 Å². The summed E-state index contributed by atoms with van der Waals surface area (Å²) >= 11 is 0. The first-order valence-corrected chi connectivity index (χ1v) is 8.72. The molecule has 0 heterocycles. The predicted octanol–water partition coefficient (Wildman–Crippen LogP) is 3.61. The van der Waals surface area contributed by atoms with Gasteiger partial charge in [-0.2, -0.15) is 0 Å². The summed E-state index contributed by atoms with van der Waals surface area (Å²) in [4.78, 5) is 4.26. The lowest BCUT2D eigenvalue weighted by molar-refractivity contribution is 0.185. The number of aliphatic imine (C=N–C) groups is 1. The molecule has 0 bridgehead atoms. The van der Waals surface area contributed by atoms with Gasteiger partial charge in [-0.15, -0.1) is 0 Å². The smallest absolute Gasteiger partial charge is 0.191 e. The number of guanidine groups is 1. The van der Waals surface area contributed by atoms with Gasteiger partial charge in [0.05, 0.1) is 6.61 Å². The molecule has 0 saturated carbocycles. The Kier molecular flexibility index (Phi) is 7.16. The second-order valence-electron chi connectivity index (χ2n) is 6.92. The minimum absolute atomic E-state index is 0.213. The average Bonchev–Trinajstić information content (AvgIpc) is 2.63. The summed E-state index contributed by atoms with van der Waals surface area (Å²) in [5, 5.41) is 6.63. The number of methoxy groups -OCH3 is 1. The second-order valence-corrected chi connectivity index (χ2v) is 6.92. The summed E-state index contributed by atoms with van der Waals surface area (Å²) in [6.45, 7) is 6.09. The lowest BCUT2D eigenvalue weighted by Gasteiger charge is -2.27.